The van der Waals surface area contributed by atoms with Crippen molar-refractivity contribution in [3.8, 4) is 0 Å². The third kappa shape index (κ3) is 7.13. The highest BCUT2D eigenvalue weighted by molar-refractivity contribution is 7.80. The smallest absolute Gasteiger partial charge is 0.0745 e. The van der Waals surface area contributed by atoms with Gasteiger partial charge in [-0.2, -0.15) is 0 Å². The Hall–Kier alpha value is -1.13. The zero-order chi connectivity index (χ0) is 13.9. The number of hydrogen-bond donors (Lipinski definition) is 2. The van der Waals surface area contributed by atoms with Gasteiger partial charge in [-0.1, -0.05) is 43.3 Å². The highest BCUT2D eigenvalue weighted by Crippen LogP contribution is 2.15. The van der Waals surface area contributed by atoms with Gasteiger partial charge in [0.1, 0.15) is 0 Å². The molecule has 4 heteroatoms. The largest absolute Gasteiger partial charge is 0.396 e. The topological polar surface area (TPSA) is 49.5 Å². The molecule has 0 fully saturated rings. The lowest BCUT2D eigenvalue weighted by atomic mass is 10.2. The van der Waals surface area contributed by atoms with Crippen molar-refractivity contribution in [2.45, 2.75) is 32.1 Å². The molecule has 0 unspecified atom stereocenters. The van der Waals surface area contributed by atoms with Gasteiger partial charge in [0.2, 0.25) is 0 Å². The van der Waals surface area contributed by atoms with Gasteiger partial charge in [0.15, 0.2) is 0 Å². The molecule has 3 N–H and O–H groups in total. The van der Waals surface area contributed by atoms with Crippen molar-refractivity contribution in [1.82, 2.24) is 0 Å². The lowest BCUT2D eigenvalue weighted by Gasteiger charge is -2.24. The van der Waals surface area contributed by atoms with E-state index in [1.807, 2.05) is 6.07 Å². The van der Waals surface area contributed by atoms with Crippen LogP contribution in [0.4, 0.5) is 5.69 Å². The van der Waals surface area contributed by atoms with E-state index in [1.165, 1.54) is 5.69 Å². The summed E-state index contributed by atoms with van der Waals surface area (Å²) >= 11 is 4.96. The van der Waals surface area contributed by atoms with Gasteiger partial charge in [0.25, 0.3) is 0 Å². The molecule has 0 radical (unpaired) electrons. The summed E-state index contributed by atoms with van der Waals surface area (Å²) in [5.74, 6) is 0. The van der Waals surface area contributed by atoms with Gasteiger partial charge in [0.05, 0.1) is 4.99 Å². The van der Waals surface area contributed by atoms with E-state index in [0.29, 0.717) is 11.6 Å². The summed E-state index contributed by atoms with van der Waals surface area (Å²) in [5, 5.41) is 8.76. The molecule has 1 aromatic rings. The van der Waals surface area contributed by atoms with Crippen molar-refractivity contribution in [3.05, 3.63) is 30.3 Å². The number of benzene rings is 1. The number of nitrogens with two attached hydrogens (primary N) is 1. The Kier molecular flexibility index (Phi) is 8.18. The molecule has 1 aromatic carbocycles. The number of nitrogens with zero attached hydrogens (tertiary/aromatic N) is 1. The molecule has 0 saturated heterocycles. The minimum absolute atomic E-state index is 0.295. The Bertz CT molecular complexity index is 356. The zero-order valence-corrected chi connectivity index (χ0v) is 12.2. The van der Waals surface area contributed by atoms with Crippen molar-refractivity contribution < 1.29 is 5.11 Å². The minimum atomic E-state index is 0.295. The Labute approximate surface area is 121 Å². The molecule has 0 saturated carbocycles. The normalized spacial score (nSPS) is 10.4. The van der Waals surface area contributed by atoms with Gasteiger partial charge in [-0.15, -0.1) is 0 Å². The lowest BCUT2D eigenvalue weighted by Crippen LogP contribution is -2.28. The van der Waals surface area contributed by atoms with E-state index >= 15 is 0 Å². The Morgan fingerprint density at radius 1 is 1.05 bits per heavy atom. The molecule has 106 valence electrons. The van der Waals surface area contributed by atoms with Crippen molar-refractivity contribution in [3.63, 3.8) is 0 Å². The zero-order valence-electron chi connectivity index (χ0n) is 11.4. The molecule has 0 heterocycles. The van der Waals surface area contributed by atoms with E-state index in [1.54, 1.807) is 0 Å². The lowest BCUT2D eigenvalue weighted by molar-refractivity contribution is 0.282. The van der Waals surface area contributed by atoms with Crippen LogP contribution in [0.5, 0.6) is 0 Å². The standard InChI is InChI=1S/C15H24N2OS/c16-15(19)10-12-17(11-6-1-2-7-13-18)14-8-4-3-5-9-14/h3-5,8-9,18H,1-2,6-7,10-13H2,(H2,16,19). The first-order chi connectivity index (χ1) is 9.24. The molecular weight excluding hydrogens is 256 g/mol. The van der Waals surface area contributed by atoms with E-state index < -0.39 is 0 Å². The van der Waals surface area contributed by atoms with Crippen molar-refractivity contribution >= 4 is 22.9 Å². The molecule has 19 heavy (non-hydrogen) atoms. The van der Waals surface area contributed by atoms with Crippen LogP contribution in [0.1, 0.15) is 32.1 Å². The van der Waals surface area contributed by atoms with Crippen LogP contribution in [-0.4, -0.2) is 29.8 Å². The Morgan fingerprint density at radius 2 is 1.74 bits per heavy atom. The fraction of sp³-hybridized carbons (Fsp3) is 0.533. The fourth-order valence-corrected chi connectivity index (χ4v) is 2.11. The van der Waals surface area contributed by atoms with E-state index in [0.717, 1.165) is 45.2 Å². The maximum absolute atomic E-state index is 8.76. The molecule has 1 rings (SSSR count). The Balaban J connectivity index is 2.43. The SMILES string of the molecule is NC(=S)CCN(CCCCCCO)c1ccccc1. The number of aliphatic hydroxyl groups is 1. The van der Waals surface area contributed by atoms with Crippen LogP contribution >= 0.6 is 12.2 Å². The summed E-state index contributed by atoms with van der Waals surface area (Å²) < 4.78 is 0. The van der Waals surface area contributed by atoms with Crippen LogP contribution in [0.3, 0.4) is 0 Å². The third-order valence-electron chi connectivity index (χ3n) is 3.09. The number of para-hydroxylation sites is 1. The Morgan fingerprint density at radius 3 is 2.37 bits per heavy atom. The monoisotopic (exact) mass is 280 g/mol. The van der Waals surface area contributed by atoms with Gasteiger partial charge < -0.3 is 15.7 Å². The molecule has 0 aliphatic carbocycles. The van der Waals surface area contributed by atoms with Crippen LogP contribution in [0.2, 0.25) is 0 Å². The van der Waals surface area contributed by atoms with Crippen molar-refractivity contribution in [2.24, 2.45) is 5.73 Å². The summed E-state index contributed by atoms with van der Waals surface area (Å²) in [4.78, 5) is 2.90. The quantitative estimate of drug-likeness (QED) is 0.511. The summed E-state index contributed by atoms with van der Waals surface area (Å²) in [7, 11) is 0. The summed E-state index contributed by atoms with van der Waals surface area (Å²) in [6, 6.07) is 10.4. The second kappa shape index (κ2) is 9.75. The number of hydrogen-bond acceptors (Lipinski definition) is 3. The second-order valence-corrected chi connectivity index (χ2v) is 5.20. The maximum Gasteiger partial charge on any atom is 0.0745 e. The van der Waals surface area contributed by atoms with Crippen LogP contribution in [-0.2, 0) is 0 Å². The van der Waals surface area contributed by atoms with E-state index in [-0.39, 0.29) is 0 Å². The first kappa shape index (κ1) is 15.9. The van der Waals surface area contributed by atoms with E-state index in [9.17, 15) is 0 Å². The first-order valence-electron chi connectivity index (χ1n) is 6.93. The van der Waals surface area contributed by atoms with Gasteiger partial charge in [-0.05, 0) is 25.0 Å². The van der Waals surface area contributed by atoms with Gasteiger partial charge in [-0.25, -0.2) is 0 Å². The number of aliphatic hydroxyl groups excluding tert-OH is 1. The predicted molar refractivity (Wildman–Crippen MR) is 85.6 cm³/mol. The van der Waals surface area contributed by atoms with E-state index in [2.05, 4.69) is 29.2 Å². The first-order valence-corrected chi connectivity index (χ1v) is 7.34. The predicted octanol–water partition coefficient (Wildman–Crippen LogP) is 2.72. The fourth-order valence-electron chi connectivity index (χ4n) is 2.02. The molecule has 3 nitrogen and oxygen atoms in total. The molecule has 0 atom stereocenters. The number of thiocarbonyl (C=S) groups is 1. The van der Waals surface area contributed by atoms with Crippen LogP contribution < -0.4 is 10.6 Å². The minimum Gasteiger partial charge on any atom is -0.396 e. The van der Waals surface area contributed by atoms with E-state index in [4.69, 9.17) is 23.1 Å². The highest BCUT2D eigenvalue weighted by Gasteiger charge is 2.06. The molecule has 0 bridgehead atoms. The van der Waals surface area contributed by atoms with Crippen LogP contribution in [0.25, 0.3) is 0 Å². The number of anilines is 1. The molecule has 0 aromatic heterocycles. The van der Waals surface area contributed by atoms with Crippen molar-refractivity contribution in [1.29, 1.82) is 0 Å². The van der Waals surface area contributed by atoms with Crippen LogP contribution in [0.15, 0.2) is 30.3 Å². The second-order valence-electron chi connectivity index (χ2n) is 4.68. The summed E-state index contributed by atoms with van der Waals surface area (Å²) in [5.41, 5.74) is 6.81. The maximum atomic E-state index is 8.76. The van der Waals surface area contributed by atoms with Gasteiger partial charge in [-0.3, -0.25) is 0 Å². The van der Waals surface area contributed by atoms with Crippen LogP contribution in [0, 0.1) is 0 Å². The molecular formula is C15H24N2OS. The highest BCUT2D eigenvalue weighted by atomic mass is 32.1. The summed E-state index contributed by atoms with van der Waals surface area (Å²) in [6.07, 6.45) is 5.02. The number of unbranched alkanes of at least 4 members (excludes halogenated alkanes) is 3. The molecule has 0 amide bonds. The third-order valence-corrected chi connectivity index (χ3v) is 3.29. The molecule has 0 aliphatic rings. The van der Waals surface area contributed by atoms with Crippen molar-refractivity contribution in [2.75, 3.05) is 24.6 Å². The van der Waals surface area contributed by atoms with Gasteiger partial charge in [0, 0.05) is 31.8 Å². The van der Waals surface area contributed by atoms with Gasteiger partial charge >= 0.3 is 0 Å². The molecule has 0 spiro atoms. The molecule has 0 aliphatic heterocycles. The number of rotatable bonds is 10. The summed E-state index contributed by atoms with van der Waals surface area (Å²) in [6.45, 7) is 2.18. The average molecular weight is 280 g/mol. The average Bonchev–Trinajstić information content (AvgIpc) is 2.42.